The van der Waals surface area contributed by atoms with Crippen molar-refractivity contribution in [3.05, 3.63) is 95.6 Å². The molecule has 1 heterocycles. The first-order valence-corrected chi connectivity index (χ1v) is 12.8. The van der Waals surface area contributed by atoms with E-state index >= 15 is 0 Å². The van der Waals surface area contributed by atoms with E-state index in [-0.39, 0.29) is 40.9 Å². The van der Waals surface area contributed by atoms with E-state index in [1.54, 1.807) is 36.4 Å². The Morgan fingerprint density at radius 3 is 2.11 bits per heavy atom. The van der Waals surface area contributed by atoms with Gasteiger partial charge in [0.2, 0.25) is 17.6 Å². The fourth-order valence-corrected chi connectivity index (χ4v) is 5.48. The maximum atomic E-state index is 13.3. The summed E-state index contributed by atoms with van der Waals surface area (Å²) in [4.78, 5) is 53.1. The lowest BCUT2D eigenvalue weighted by atomic mass is 9.73. The van der Waals surface area contributed by atoms with Gasteiger partial charge >= 0.3 is 5.97 Å². The van der Waals surface area contributed by atoms with E-state index in [0.29, 0.717) is 29.8 Å². The lowest BCUT2D eigenvalue weighted by molar-refractivity contribution is -0.122. The third-order valence-electron chi connectivity index (χ3n) is 7.59. The zero-order chi connectivity index (χ0) is 26.8. The summed E-state index contributed by atoms with van der Waals surface area (Å²) in [6.45, 7) is 1.52. The summed E-state index contributed by atoms with van der Waals surface area (Å²) in [6, 6.07) is 22.9. The normalized spacial score (nSPS) is 21.5. The number of nitrogens with zero attached hydrogens (tertiary/aromatic N) is 1. The summed E-state index contributed by atoms with van der Waals surface area (Å²) >= 11 is 0. The molecule has 7 nitrogen and oxygen atoms in total. The molecule has 0 unspecified atom stereocenters. The molecular weight excluding hydrogens is 482 g/mol. The molecule has 3 aromatic carbocycles. The highest BCUT2D eigenvalue weighted by atomic mass is 16.5. The average molecular weight is 512 g/mol. The van der Waals surface area contributed by atoms with Crippen molar-refractivity contribution in [3.63, 3.8) is 0 Å². The van der Waals surface area contributed by atoms with Gasteiger partial charge in [-0.05, 0) is 86.2 Å². The Morgan fingerprint density at radius 2 is 1.45 bits per heavy atom. The summed E-state index contributed by atoms with van der Waals surface area (Å²) in [5.41, 5.74) is 2.27. The summed E-state index contributed by atoms with van der Waals surface area (Å²) in [7, 11) is 1.54. The molecular formula is C31H29NO6. The number of rotatable bonds is 7. The Morgan fingerprint density at radius 1 is 0.816 bits per heavy atom. The molecule has 2 fully saturated rings. The maximum absolute atomic E-state index is 13.3. The number of esters is 1. The maximum Gasteiger partial charge on any atom is 0.338 e. The number of benzene rings is 3. The van der Waals surface area contributed by atoms with Crippen LogP contribution < -0.4 is 9.64 Å². The van der Waals surface area contributed by atoms with Crippen molar-refractivity contribution in [3.8, 4) is 5.75 Å². The molecule has 0 radical (unpaired) electrons. The van der Waals surface area contributed by atoms with Crippen LogP contribution in [0, 0.1) is 11.8 Å². The van der Waals surface area contributed by atoms with Crippen LogP contribution >= 0.6 is 0 Å². The zero-order valence-electron chi connectivity index (χ0n) is 21.3. The van der Waals surface area contributed by atoms with Gasteiger partial charge in [0.25, 0.3) is 0 Å². The van der Waals surface area contributed by atoms with Crippen LogP contribution in [-0.2, 0) is 14.3 Å². The zero-order valence-corrected chi connectivity index (χ0v) is 21.3. The summed E-state index contributed by atoms with van der Waals surface area (Å²) < 4.78 is 10.5. The van der Waals surface area contributed by atoms with Crippen LogP contribution in [0.15, 0.2) is 78.9 Å². The van der Waals surface area contributed by atoms with Gasteiger partial charge in [-0.2, -0.15) is 0 Å². The Kier molecular flexibility index (Phi) is 7.09. The molecule has 38 heavy (non-hydrogen) atoms. The highest BCUT2D eigenvalue weighted by molar-refractivity contribution is 6.22. The first kappa shape index (κ1) is 25.4. The van der Waals surface area contributed by atoms with Crippen LogP contribution in [0.5, 0.6) is 5.75 Å². The standard InChI is InChI=1S/C31H29NO6/c1-19(28(33)21-10-15-25(37-2)16-11-21)38-31(36)22-8-13-24(14-9-22)32-29(34)26-17-12-23(18-27(26)30(32)35)20-6-4-3-5-7-20/h3-11,13-16,19,23,26-27H,12,17-18H2,1-2H3/t19-,23+,26+,27-/m0/s1. The molecule has 5 rings (SSSR count). The van der Waals surface area contributed by atoms with Crippen molar-refractivity contribution in [2.75, 3.05) is 12.0 Å². The largest absolute Gasteiger partial charge is 0.497 e. The number of ketones is 1. The minimum atomic E-state index is -0.988. The molecule has 2 amide bonds. The molecule has 0 aromatic heterocycles. The highest BCUT2D eigenvalue weighted by Crippen LogP contribution is 2.45. The van der Waals surface area contributed by atoms with E-state index in [4.69, 9.17) is 9.47 Å². The Bertz CT molecular complexity index is 1350. The summed E-state index contributed by atoms with van der Waals surface area (Å²) in [5, 5.41) is 0. The van der Waals surface area contributed by atoms with Gasteiger partial charge in [0.1, 0.15) is 5.75 Å². The molecule has 0 N–H and O–H groups in total. The van der Waals surface area contributed by atoms with Crippen LogP contribution in [0.25, 0.3) is 0 Å². The number of fused-ring (bicyclic) bond motifs is 1. The van der Waals surface area contributed by atoms with Crippen molar-refractivity contribution in [2.24, 2.45) is 11.8 Å². The van der Waals surface area contributed by atoms with E-state index in [1.165, 1.54) is 36.6 Å². The van der Waals surface area contributed by atoms with Crippen molar-refractivity contribution in [1.82, 2.24) is 0 Å². The molecule has 1 saturated carbocycles. The first-order chi connectivity index (χ1) is 18.4. The number of imide groups is 1. The SMILES string of the molecule is COc1ccc(C(=O)[C@H](C)OC(=O)c2ccc(N3C(=O)[C@H]4C[C@H](c5ccccc5)CC[C@H]4C3=O)cc2)cc1. The monoisotopic (exact) mass is 511 g/mol. The number of ether oxygens (including phenoxy) is 2. The number of hydrogen-bond donors (Lipinski definition) is 0. The molecule has 7 heteroatoms. The summed E-state index contributed by atoms with van der Waals surface area (Å²) in [5.74, 6) is -1.12. The smallest absolute Gasteiger partial charge is 0.338 e. The van der Waals surface area contributed by atoms with E-state index < -0.39 is 12.1 Å². The molecule has 1 saturated heterocycles. The minimum absolute atomic E-state index is 0.180. The number of anilines is 1. The van der Waals surface area contributed by atoms with Gasteiger partial charge in [-0.3, -0.25) is 19.3 Å². The quantitative estimate of drug-likeness (QED) is 0.246. The fraction of sp³-hybridized carbons (Fsp3) is 0.290. The molecule has 0 spiro atoms. The van der Waals surface area contributed by atoms with Gasteiger partial charge in [-0.15, -0.1) is 0 Å². The van der Waals surface area contributed by atoms with E-state index in [2.05, 4.69) is 12.1 Å². The molecule has 1 aliphatic heterocycles. The molecule has 0 bridgehead atoms. The van der Waals surface area contributed by atoms with Crippen LogP contribution in [0.2, 0.25) is 0 Å². The molecule has 194 valence electrons. The topological polar surface area (TPSA) is 90.0 Å². The van der Waals surface area contributed by atoms with Crippen LogP contribution in [0.4, 0.5) is 5.69 Å². The van der Waals surface area contributed by atoms with E-state index in [1.807, 2.05) is 18.2 Å². The number of amides is 2. The van der Waals surface area contributed by atoms with Crippen LogP contribution in [0.3, 0.4) is 0 Å². The van der Waals surface area contributed by atoms with Crippen molar-refractivity contribution in [1.29, 1.82) is 0 Å². The second-order valence-electron chi connectivity index (χ2n) is 9.83. The third-order valence-corrected chi connectivity index (χ3v) is 7.59. The first-order valence-electron chi connectivity index (χ1n) is 12.8. The van der Waals surface area contributed by atoms with Gasteiger partial charge in [-0.25, -0.2) is 4.79 Å². The summed E-state index contributed by atoms with van der Waals surface area (Å²) in [6.07, 6.45) is 1.21. The van der Waals surface area contributed by atoms with Crippen molar-refractivity contribution in [2.45, 2.75) is 38.2 Å². The Balaban J connectivity index is 1.24. The Labute approximate surface area is 221 Å². The van der Waals surface area contributed by atoms with Gasteiger partial charge < -0.3 is 9.47 Å². The predicted octanol–water partition coefficient (Wildman–Crippen LogP) is 5.20. The third kappa shape index (κ3) is 4.84. The molecule has 3 aromatic rings. The van der Waals surface area contributed by atoms with Crippen molar-refractivity contribution < 1.29 is 28.7 Å². The van der Waals surface area contributed by atoms with Gasteiger partial charge in [0, 0.05) is 5.56 Å². The Hall–Kier alpha value is -4.26. The second kappa shape index (κ2) is 10.6. The molecule has 1 aliphatic carbocycles. The fourth-order valence-electron chi connectivity index (χ4n) is 5.48. The van der Waals surface area contributed by atoms with Gasteiger partial charge in [0.05, 0.1) is 30.2 Å². The average Bonchev–Trinajstić information content (AvgIpc) is 3.21. The van der Waals surface area contributed by atoms with Gasteiger partial charge in [-0.1, -0.05) is 30.3 Å². The predicted molar refractivity (Wildman–Crippen MR) is 141 cm³/mol. The van der Waals surface area contributed by atoms with Crippen LogP contribution in [-0.4, -0.2) is 36.8 Å². The molecule has 2 aliphatic rings. The highest BCUT2D eigenvalue weighted by Gasteiger charge is 2.50. The number of carbonyl (C=O) groups excluding carboxylic acids is 4. The number of Topliss-reactive ketones (excluding diaryl/α,β-unsaturated/α-hetero) is 1. The minimum Gasteiger partial charge on any atom is -0.497 e. The lowest BCUT2D eigenvalue weighted by Crippen LogP contribution is -2.31. The second-order valence-corrected chi connectivity index (χ2v) is 9.83. The lowest BCUT2D eigenvalue weighted by Gasteiger charge is -2.28. The number of hydrogen-bond acceptors (Lipinski definition) is 6. The molecule has 4 atom stereocenters. The van der Waals surface area contributed by atoms with E-state index in [9.17, 15) is 19.2 Å². The van der Waals surface area contributed by atoms with Crippen molar-refractivity contribution >= 4 is 29.3 Å². The number of carbonyl (C=O) groups is 4. The van der Waals surface area contributed by atoms with Gasteiger partial charge in [0.15, 0.2) is 6.10 Å². The number of methoxy groups -OCH3 is 1. The van der Waals surface area contributed by atoms with Crippen LogP contribution in [0.1, 0.15) is 58.4 Å². The van der Waals surface area contributed by atoms with E-state index in [0.717, 1.165) is 6.42 Å².